The molecule has 0 aliphatic rings. The van der Waals surface area contributed by atoms with Crippen LogP contribution in [-0.4, -0.2) is 28.2 Å². The predicted octanol–water partition coefficient (Wildman–Crippen LogP) is 1.45. The first kappa shape index (κ1) is 10.8. The molecule has 1 aromatic carbocycles. The van der Waals surface area contributed by atoms with Crippen molar-refractivity contribution in [2.45, 2.75) is 6.36 Å². The van der Waals surface area contributed by atoms with Gasteiger partial charge in [-0.25, -0.2) is 0 Å². The van der Waals surface area contributed by atoms with Gasteiger partial charge in [0.2, 0.25) is 0 Å². The molecule has 80 valence electrons. The van der Waals surface area contributed by atoms with Crippen molar-refractivity contribution < 1.29 is 17.9 Å². The van der Waals surface area contributed by atoms with Gasteiger partial charge in [0, 0.05) is 0 Å². The summed E-state index contributed by atoms with van der Waals surface area (Å²) >= 11 is 2.71. The van der Waals surface area contributed by atoms with E-state index in [0.717, 1.165) is 3.80 Å². The van der Waals surface area contributed by atoms with E-state index in [1.54, 1.807) is 0 Å². The van der Waals surface area contributed by atoms with E-state index >= 15 is 0 Å². The Balaban J connectivity index is 2.38. The van der Waals surface area contributed by atoms with Crippen molar-refractivity contribution in [2.24, 2.45) is 0 Å². The number of alkyl halides is 3. The van der Waals surface area contributed by atoms with E-state index in [1.807, 2.05) is 0 Å². The van der Waals surface area contributed by atoms with Crippen LogP contribution in [0.3, 0.4) is 0 Å². The molecule has 1 heterocycles. The Labute approximate surface area is 95.6 Å². The molecule has 0 aliphatic carbocycles. The summed E-state index contributed by atoms with van der Waals surface area (Å²) in [4.78, 5) is 4.16. The monoisotopic (exact) mass is 295 g/mol. The summed E-state index contributed by atoms with van der Waals surface area (Å²) in [5.74, 6) is -0.203. The van der Waals surface area contributed by atoms with E-state index in [-0.39, 0.29) is 5.75 Å². The van der Waals surface area contributed by atoms with Crippen LogP contribution in [0.1, 0.15) is 0 Å². The third kappa shape index (κ3) is 2.63. The van der Waals surface area contributed by atoms with Gasteiger partial charge >= 0.3 is 95.4 Å². The third-order valence-corrected chi connectivity index (χ3v) is 3.47. The van der Waals surface area contributed by atoms with Crippen molar-refractivity contribution in [3.63, 3.8) is 0 Å². The molecule has 1 unspecified atom stereocenters. The van der Waals surface area contributed by atoms with E-state index in [0.29, 0.717) is 10.2 Å². The molecule has 2 aromatic rings. The Morgan fingerprint density at radius 3 is 2.73 bits per heavy atom. The first-order valence-corrected chi connectivity index (χ1v) is 5.89. The second kappa shape index (κ2) is 3.68. The number of hydrogen-bond acceptors (Lipinski definition) is 3. The minimum atomic E-state index is -4.64. The van der Waals surface area contributed by atoms with Crippen molar-refractivity contribution >= 4 is 42.2 Å². The second-order valence-electron chi connectivity index (χ2n) is 2.73. The average molecular weight is 295 g/mol. The minimum absolute atomic E-state index is 0.203. The molecule has 0 amide bonds. The summed E-state index contributed by atoms with van der Waals surface area (Å²) in [7, 11) is 0. The Hall–Kier alpha value is -0.742. The zero-order valence-electron chi connectivity index (χ0n) is 7.21. The van der Waals surface area contributed by atoms with Crippen LogP contribution < -0.4 is 8.53 Å². The molecule has 0 saturated carbocycles. The first-order chi connectivity index (χ1) is 6.94. The molecular weight excluding hydrogens is 290 g/mol. The molecule has 7 heteroatoms. The second-order valence-corrected chi connectivity index (χ2v) is 5.82. The number of aromatic nitrogens is 1. The van der Waals surface area contributed by atoms with Crippen molar-refractivity contribution in [1.29, 1.82) is 0 Å². The number of benzene rings is 1. The number of rotatable bonds is 1. The van der Waals surface area contributed by atoms with Gasteiger partial charge in [-0.2, -0.15) is 0 Å². The van der Waals surface area contributed by atoms with Gasteiger partial charge in [-0.1, -0.05) is 0 Å². The summed E-state index contributed by atoms with van der Waals surface area (Å²) < 4.78 is 41.1. The molecule has 1 aromatic heterocycles. The topological polar surface area (TPSA) is 22.1 Å². The van der Waals surface area contributed by atoms with E-state index in [2.05, 4.69) is 9.72 Å². The molecule has 0 radical (unpaired) electrons. The van der Waals surface area contributed by atoms with Crippen LogP contribution in [0, 0.1) is 0 Å². The van der Waals surface area contributed by atoms with Crippen LogP contribution in [-0.2, 0) is 0 Å². The zero-order chi connectivity index (χ0) is 11.1. The molecule has 2 rings (SSSR count). The Morgan fingerprint density at radius 2 is 2.07 bits per heavy atom. The van der Waals surface area contributed by atoms with Gasteiger partial charge in [-0.3, -0.25) is 0 Å². The predicted molar refractivity (Wildman–Crippen MR) is 54.5 cm³/mol. The van der Waals surface area contributed by atoms with Gasteiger partial charge in [0.1, 0.15) is 0 Å². The average Bonchev–Trinajstić information content (AvgIpc) is 2.40. The number of halogens is 3. The molecule has 15 heavy (non-hydrogen) atoms. The van der Waals surface area contributed by atoms with Crippen molar-refractivity contribution in [3.05, 3.63) is 18.2 Å². The molecule has 0 saturated heterocycles. The Bertz CT molecular complexity index is 496. The van der Waals surface area contributed by atoms with Gasteiger partial charge < -0.3 is 0 Å². The molecule has 0 fully saturated rings. The van der Waals surface area contributed by atoms with Crippen LogP contribution in [0.5, 0.6) is 5.75 Å². The van der Waals surface area contributed by atoms with Crippen molar-refractivity contribution in [3.8, 4) is 5.75 Å². The quantitative estimate of drug-likeness (QED) is 0.743. The van der Waals surface area contributed by atoms with Crippen LogP contribution in [0.4, 0.5) is 13.2 Å². The fourth-order valence-corrected chi connectivity index (χ4v) is 2.97. The van der Waals surface area contributed by atoms with Gasteiger partial charge in [0.05, 0.1) is 0 Å². The van der Waals surface area contributed by atoms with E-state index in [1.165, 1.54) is 46.4 Å². The number of thiazole rings is 1. The van der Waals surface area contributed by atoms with Crippen LogP contribution in [0.25, 0.3) is 10.2 Å². The summed E-state index contributed by atoms with van der Waals surface area (Å²) in [5, 5.41) is 0. The summed E-state index contributed by atoms with van der Waals surface area (Å²) in [6.07, 6.45) is -4.64. The molecule has 1 atom stereocenters. The first-order valence-electron chi connectivity index (χ1n) is 3.86. The van der Waals surface area contributed by atoms with E-state index in [4.69, 9.17) is 0 Å². The van der Waals surface area contributed by atoms with E-state index < -0.39 is 6.36 Å². The van der Waals surface area contributed by atoms with E-state index in [9.17, 15) is 13.2 Å². The van der Waals surface area contributed by atoms with Gasteiger partial charge in [-0.15, -0.1) is 0 Å². The normalized spacial score (nSPS) is 12.0. The summed E-state index contributed by atoms with van der Waals surface area (Å²) in [5.41, 5.74) is 0.703. The van der Waals surface area contributed by atoms with Crippen molar-refractivity contribution in [1.82, 2.24) is 4.98 Å². The summed E-state index contributed by atoms with van der Waals surface area (Å²) in [6.45, 7) is 0. The van der Waals surface area contributed by atoms with Gasteiger partial charge in [-0.05, 0) is 0 Å². The molecule has 0 N–H and O–H groups in total. The Morgan fingerprint density at radius 1 is 1.33 bits per heavy atom. The summed E-state index contributed by atoms with van der Waals surface area (Å²) in [6, 6.07) is 4.14. The fourth-order valence-electron chi connectivity index (χ4n) is 1.12. The van der Waals surface area contributed by atoms with Crippen LogP contribution in [0.2, 0.25) is 0 Å². The molecular formula is C8H5AsF3NOS. The Kier molecular flexibility index (Phi) is 2.64. The number of fused-ring (bicyclic) bond motifs is 1. The standard InChI is InChI=1S/C8H5AsF3NOS/c9-7-13-5-2-1-4(3-6(5)15-7)14-8(10,11)12/h1-3H,9H2. The molecule has 2 nitrogen and oxygen atoms in total. The van der Waals surface area contributed by atoms with Crippen LogP contribution in [0.15, 0.2) is 18.2 Å². The van der Waals surface area contributed by atoms with Gasteiger partial charge in [0.25, 0.3) is 0 Å². The number of nitrogens with zero attached hydrogens (tertiary/aromatic N) is 1. The molecule has 0 spiro atoms. The number of hydrogen-bond donors (Lipinski definition) is 0. The SMILES string of the molecule is FC(F)(F)Oc1ccc2nc([AsH2])sc2c1. The van der Waals surface area contributed by atoms with Crippen LogP contribution >= 0.6 is 11.3 Å². The molecule has 0 bridgehead atoms. The van der Waals surface area contributed by atoms with Crippen molar-refractivity contribution in [2.75, 3.05) is 0 Å². The fraction of sp³-hybridized carbons (Fsp3) is 0.125. The third-order valence-electron chi connectivity index (χ3n) is 1.61. The zero-order valence-corrected chi connectivity index (χ0v) is 10.4. The van der Waals surface area contributed by atoms with Gasteiger partial charge in [0.15, 0.2) is 0 Å². The molecule has 0 aliphatic heterocycles. The maximum atomic E-state index is 11.9. The maximum absolute atomic E-state index is 11.9. The number of ether oxygens (including phenoxy) is 1.